The Balaban J connectivity index is 2.00. The van der Waals surface area contributed by atoms with Crippen molar-refractivity contribution < 1.29 is 37.1 Å². The number of hydrogen-bond donors (Lipinski definition) is 1. The molecule has 0 aliphatic heterocycles. The number of rotatable bonds is 9. The largest absolute Gasteiger partial charge is 0.481 e. The molecule has 1 aromatic heterocycles. The summed E-state index contributed by atoms with van der Waals surface area (Å²) < 4.78 is 58.3. The molecule has 0 atom stereocenters. The number of ketones is 1. The van der Waals surface area contributed by atoms with Crippen LogP contribution in [0.2, 0.25) is 5.02 Å². The summed E-state index contributed by atoms with van der Waals surface area (Å²) in [6, 6.07) is 2.90. The number of benzene rings is 1. The fraction of sp³-hybridized carbons (Fsp3) is 0.556. The van der Waals surface area contributed by atoms with Crippen LogP contribution in [0.4, 0.5) is 17.6 Å². The topological polar surface area (TPSA) is 92.5 Å². The van der Waals surface area contributed by atoms with E-state index in [2.05, 4.69) is 5.10 Å². The first-order valence-electron chi connectivity index (χ1n) is 12.7. The first-order valence-corrected chi connectivity index (χ1v) is 13.0. The summed E-state index contributed by atoms with van der Waals surface area (Å²) in [5.74, 6) is -3.83. The van der Waals surface area contributed by atoms with E-state index in [9.17, 15) is 37.1 Å². The average Bonchev–Trinajstić information content (AvgIpc) is 3.29. The summed E-state index contributed by atoms with van der Waals surface area (Å²) in [4.78, 5) is 39.2. The Morgan fingerprint density at radius 2 is 1.82 bits per heavy atom. The molecule has 12 heteroatoms. The predicted octanol–water partition coefficient (Wildman–Crippen LogP) is 6.66. The molecule has 1 aliphatic carbocycles. The number of Topliss-reactive ketones (excluding diaryl/α,β-unsaturated/α-hetero) is 1. The molecule has 1 aliphatic rings. The van der Waals surface area contributed by atoms with Gasteiger partial charge in [0.1, 0.15) is 5.82 Å². The van der Waals surface area contributed by atoms with E-state index in [-0.39, 0.29) is 37.3 Å². The van der Waals surface area contributed by atoms with Crippen LogP contribution in [0.15, 0.2) is 24.4 Å². The quantitative estimate of drug-likeness (QED) is 0.267. The molecule has 2 aromatic rings. The van der Waals surface area contributed by atoms with Crippen LogP contribution >= 0.6 is 11.6 Å². The second-order valence-electron chi connectivity index (χ2n) is 11.1. The molecule has 0 saturated heterocycles. The summed E-state index contributed by atoms with van der Waals surface area (Å²) in [6.07, 6.45) is -3.00. The van der Waals surface area contributed by atoms with Crippen LogP contribution in [0.5, 0.6) is 0 Å². The Morgan fingerprint density at radius 1 is 1.21 bits per heavy atom. The van der Waals surface area contributed by atoms with Gasteiger partial charge in [-0.15, -0.1) is 0 Å². The van der Waals surface area contributed by atoms with Crippen molar-refractivity contribution in [2.24, 2.45) is 10.8 Å². The number of amides is 1. The van der Waals surface area contributed by atoms with Crippen molar-refractivity contribution in [3.05, 3.63) is 52.1 Å². The maximum Gasteiger partial charge on any atom is 0.433 e. The lowest BCUT2D eigenvalue weighted by Crippen LogP contribution is -2.42. The second kappa shape index (κ2) is 11.3. The minimum Gasteiger partial charge on any atom is -0.481 e. The maximum atomic E-state index is 14.4. The molecule has 3 rings (SSSR count). The minimum absolute atomic E-state index is 0.0803. The number of alkyl halides is 3. The van der Waals surface area contributed by atoms with E-state index in [1.807, 2.05) is 6.92 Å². The molecule has 1 N–H and O–H groups in total. The Morgan fingerprint density at radius 3 is 2.33 bits per heavy atom. The minimum atomic E-state index is -4.96. The molecule has 0 unspecified atom stereocenters. The summed E-state index contributed by atoms with van der Waals surface area (Å²) in [7, 11) is 0. The van der Waals surface area contributed by atoms with Gasteiger partial charge in [0.05, 0.1) is 40.3 Å². The van der Waals surface area contributed by atoms with Crippen molar-refractivity contribution in [1.29, 1.82) is 0 Å². The number of halogens is 5. The van der Waals surface area contributed by atoms with Crippen molar-refractivity contribution in [2.45, 2.75) is 72.0 Å². The highest BCUT2D eigenvalue weighted by molar-refractivity contribution is 6.34. The summed E-state index contributed by atoms with van der Waals surface area (Å²) in [5.41, 5.74) is -4.05. The van der Waals surface area contributed by atoms with Crippen molar-refractivity contribution in [3.63, 3.8) is 0 Å². The van der Waals surface area contributed by atoms with Crippen molar-refractivity contribution in [2.75, 3.05) is 13.1 Å². The predicted molar refractivity (Wildman–Crippen MR) is 136 cm³/mol. The molecule has 7 nitrogen and oxygen atoms in total. The first-order chi connectivity index (χ1) is 18.0. The number of carbonyl (C=O) groups is 3. The molecular formula is C27H32ClF4N3O4. The van der Waals surface area contributed by atoms with Gasteiger partial charge in [-0.3, -0.25) is 19.1 Å². The van der Waals surface area contributed by atoms with E-state index in [0.29, 0.717) is 6.42 Å². The van der Waals surface area contributed by atoms with Gasteiger partial charge in [0.15, 0.2) is 11.5 Å². The molecular weight excluding hydrogens is 542 g/mol. The number of nitrogens with zero attached hydrogens (tertiary/aromatic N) is 3. The highest BCUT2D eigenvalue weighted by Crippen LogP contribution is 2.43. The number of hydrogen-bond acceptors (Lipinski definition) is 4. The van der Waals surface area contributed by atoms with E-state index < -0.39 is 69.9 Å². The lowest BCUT2D eigenvalue weighted by molar-refractivity contribution is -0.152. The van der Waals surface area contributed by atoms with Crippen molar-refractivity contribution in [3.8, 4) is 0 Å². The summed E-state index contributed by atoms with van der Waals surface area (Å²) in [6.45, 7) is 6.22. The second-order valence-corrected chi connectivity index (χ2v) is 11.6. The summed E-state index contributed by atoms with van der Waals surface area (Å²) >= 11 is 6.02. The highest BCUT2D eigenvalue weighted by Gasteiger charge is 2.45. The average molecular weight is 574 g/mol. The van der Waals surface area contributed by atoms with Crippen LogP contribution in [-0.2, 0) is 11.0 Å². The third kappa shape index (κ3) is 6.62. The van der Waals surface area contributed by atoms with E-state index >= 15 is 0 Å². The number of carboxylic acid groups (broad SMARTS) is 1. The molecule has 0 bridgehead atoms. The van der Waals surface area contributed by atoms with Crippen LogP contribution in [0, 0.1) is 16.6 Å². The van der Waals surface area contributed by atoms with Crippen LogP contribution in [-0.4, -0.2) is 50.5 Å². The SMILES string of the molecule is CCC(C)(C)CN(CC(=O)c1c(F)cccc1Cl)C(=O)c1cnn([C@H]2CC[C@](C)(C(=O)O)CC2)c1C(F)(F)F. The monoisotopic (exact) mass is 573 g/mol. The summed E-state index contributed by atoms with van der Waals surface area (Å²) in [5, 5.41) is 13.2. The molecule has 39 heavy (non-hydrogen) atoms. The molecule has 1 saturated carbocycles. The normalized spacial score (nSPS) is 20.1. The lowest BCUT2D eigenvalue weighted by Gasteiger charge is -2.35. The Hall–Kier alpha value is -2.95. The zero-order valence-corrected chi connectivity index (χ0v) is 23.0. The molecule has 1 fully saturated rings. The Bertz CT molecular complexity index is 1230. The number of aromatic nitrogens is 2. The van der Waals surface area contributed by atoms with E-state index in [1.165, 1.54) is 12.1 Å². The Kier molecular flexibility index (Phi) is 8.84. The third-order valence-corrected chi connectivity index (χ3v) is 7.97. The van der Waals surface area contributed by atoms with Gasteiger partial charge in [0.25, 0.3) is 5.91 Å². The highest BCUT2D eigenvalue weighted by atomic mass is 35.5. The number of carboxylic acids is 1. The molecule has 0 radical (unpaired) electrons. The molecule has 0 spiro atoms. The fourth-order valence-electron chi connectivity index (χ4n) is 4.79. The molecule has 1 amide bonds. The van der Waals surface area contributed by atoms with Gasteiger partial charge >= 0.3 is 12.1 Å². The van der Waals surface area contributed by atoms with E-state index in [0.717, 1.165) is 21.8 Å². The first kappa shape index (κ1) is 30.6. The van der Waals surface area contributed by atoms with E-state index in [4.69, 9.17) is 11.6 Å². The van der Waals surface area contributed by atoms with Gasteiger partial charge in [-0.1, -0.05) is 38.4 Å². The molecule has 1 aromatic carbocycles. The van der Waals surface area contributed by atoms with Crippen LogP contribution in [0.3, 0.4) is 0 Å². The zero-order chi connectivity index (χ0) is 29.3. The number of carbonyl (C=O) groups excluding carboxylic acids is 2. The number of aliphatic carboxylic acids is 1. The van der Waals surface area contributed by atoms with Gasteiger partial charge in [-0.2, -0.15) is 18.3 Å². The third-order valence-electron chi connectivity index (χ3n) is 7.65. The van der Waals surface area contributed by atoms with E-state index in [1.54, 1.807) is 20.8 Å². The van der Waals surface area contributed by atoms with Crippen LogP contribution < -0.4 is 0 Å². The van der Waals surface area contributed by atoms with Crippen LogP contribution in [0.1, 0.15) is 92.3 Å². The van der Waals surface area contributed by atoms with Gasteiger partial charge in [0.2, 0.25) is 0 Å². The van der Waals surface area contributed by atoms with Gasteiger partial charge in [-0.25, -0.2) is 4.39 Å². The van der Waals surface area contributed by atoms with Gasteiger partial charge < -0.3 is 10.0 Å². The van der Waals surface area contributed by atoms with Gasteiger partial charge in [0, 0.05) is 6.54 Å². The maximum absolute atomic E-state index is 14.4. The fourth-order valence-corrected chi connectivity index (χ4v) is 5.06. The smallest absolute Gasteiger partial charge is 0.433 e. The van der Waals surface area contributed by atoms with Gasteiger partial charge in [-0.05, 0) is 56.6 Å². The Labute approximate surface area is 229 Å². The van der Waals surface area contributed by atoms with Crippen molar-refractivity contribution in [1.82, 2.24) is 14.7 Å². The standard InChI is InChI=1S/C27H32ClF4N3O4/c1-5-25(2,3)15-34(14-20(36)21-18(28)7-6-8-19(21)29)23(37)17-13-33-35(22(17)27(30,31)32)16-9-11-26(4,12-10-16)24(38)39/h6-8,13,16H,5,9-12,14-15H2,1-4H3,(H,38,39)/t16-,26-. The molecule has 214 valence electrons. The lowest BCUT2D eigenvalue weighted by atomic mass is 9.74. The zero-order valence-electron chi connectivity index (χ0n) is 22.2. The molecule has 1 heterocycles. The van der Waals surface area contributed by atoms with Crippen molar-refractivity contribution >= 4 is 29.3 Å². The van der Waals surface area contributed by atoms with Crippen LogP contribution in [0.25, 0.3) is 0 Å².